The van der Waals surface area contributed by atoms with Crippen molar-refractivity contribution in [2.45, 2.75) is 52.2 Å². The van der Waals surface area contributed by atoms with Gasteiger partial charge in [0, 0.05) is 0 Å². The van der Waals surface area contributed by atoms with Gasteiger partial charge in [-0.1, -0.05) is 38.1 Å². The molecule has 0 amide bonds. The van der Waals surface area contributed by atoms with Gasteiger partial charge in [-0.25, -0.2) is 9.13 Å². The average Bonchev–Trinajstić information content (AvgIpc) is 2.84. The third-order valence-corrected chi connectivity index (χ3v) is 4.48. The van der Waals surface area contributed by atoms with E-state index in [1.54, 1.807) is 0 Å². The summed E-state index contributed by atoms with van der Waals surface area (Å²) in [6.45, 7) is 9.36. The first kappa shape index (κ1) is 19.7. The zero-order chi connectivity index (χ0) is 16.3. The summed E-state index contributed by atoms with van der Waals surface area (Å²) in [5, 5.41) is 0. The Bertz CT molecular complexity index is 597. The Hall–Kier alpha value is -1.32. The summed E-state index contributed by atoms with van der Waals surface area (Å²) in [6, 6.07) is 8.82. The summed E-state index contributed by atoms with van der Waals surface area (Å²) in [5.41, 5.74) is 2.29. The van der Waals surface area contributed by atoms with Crippen molar-refractivity contribution in [1.29, 1.82) is 0 Å². The third kappa shape index (κ3) is 4.58. The highest BCUT2D eigenvalue weighted by Gasteiger charge is 2.33. The number of hydrogen-bond acceptors (Lipinski definition) is 1. The summed E-state index contributed by atoms with van der Waals surface area (Å²) < 4.78 is 10.4. The molecule has 0 aliphatic rings. The summed E-state index contributed by atoms with van der Waals surface area (Å²) >= 11 is 0. The van der Waals surface area contributed by atoms with Crippen molar-refractivity contribution in [2.24, 2.45) is 14.1 Å². The Balaban J connectivity index is 0.00000264. The van der Waals surface area contributed by atoms with E-state index < -0.39 is 0 Å². The van der Waals surface area contributed by atoms with Gasteiger partial charge in [0.05, 0.1) is 20.7 Å². The van der Waals surface area contributed by atoms with Crippen LogP contribution in [0, 0.1) is 0 Å². The molecule has 2 aromatic rings. The zero-order valence-corrected chi connectivity index (χ0v) is 15.9. The summed E-state index contributed by atoms with van der Waals surface area (Å²) in [7, 11) is 4.11. The van der Waals surface area contributed by atoms with E-state index in [0.29, 0.717) is 12.5 Å². The van der Waals surface area contributed by atoms with Crippen LogP contribution < -0.4 is 17.0 Å². The predicted octanol–water partition coefficient (Wildman–Crippen LogP) is 0.819. The van der Waals surface area contributed by atoms with E-state index in [-0.39, 0.29) is 18.0 Å². The highest BCUT2D eigenvalue weighted by Crippen LogP contribution is 2.24. The predicted molar refractivity (Wildman–Crippen MR) is 89.6 cm³/mol. The van der Waals surface area contributed by atoms with Crippen LogP contribution >= 0.6 is 0 Å². The molecule has 2 rings (SSSR count). The molecule has 0 bridgehead atoms. The summed E-state index contributed by atoms with van der Waals surface area (Å²) in [6.07, 6.45) is 5.29. The van der Waals surface area contributed by atoms with Gasteiger partial charge < -0.3 is 17.1 Å². The molecule has 1 aromatic carbocycles. The van der Waals surface area contributed by atoms with E-state index in [9.17, 15) is 0 Å². The SMILES string of the molecule is CCC(C)c1ccc(COC(C)(C)c2n(C)cc[n+]2C)cc1.[Cl-]. The van der Waals surface area contributed by atoms with Gasteiger partial charge in [0.15, 0.2) is 5.60 Å². The largest absolute Gasteiger partial charge is 1.00 e. The van der Waals surface area contributed by atoms with Crippen LogP contribution in [-0.4, -0.2) is 4.57 Å². The van der Waals surface area contributed by atoms with Crippen LogP contribution in [0.2, 0.25) is 0 Å². The van der Waals surface area contributed by atoms with E-state index >= 15 is 0 Å². The maximum absolute atomic E-state index is 6.21. The van der Waals surface area contributed by atoms with Gasteiger partial charge in [-0.15, -0.1) is 0 Å². The molecule has 1 heterocycles. The van der Waals surface area contributed by atoms with Gasteiger partial charge in [0.1, 0.15) is 12.4 Å². The van der Waals surface area contributed by atoms with Crippen molar-refractivity contribution in [3.8, 4) is 0 Å². The Morgan fingerprint density at radius 3 is 2.30 bits per heavy atom. The van der Waals surface area contributed by atoms with Crippen molar-refractivity contribution in [1.82, 2.24) is 4.57 Å². The van der Waals surface area contributed by atoms with Gasteiger partial charge in [-0.2, -0.15) is 0 Å². The minimum Gasteiger partial charge on any atom is -1.00 e. The first-order valence-electron chi connectivity index (χ1n) is 8.09. The number of halogens is 1. The smallest absolute Gasteiger partial charge is 0.288 e. The molecule has 0 aliphatic carbocycles. The lowest BCUT2D eigenvalue weighted by Crippen LogP contribution is -3.00. The van der Waals surface area contributed by atoms with E-state index in [4.69, 9.17) is 4.74 Å². The van der Waals surface area contributed by atoms with Crippen molar-refractivity contribution < 1.29 is 21.7 Å². The van der Waals surface area contributed by atoms with Crippen LogP contribution in [0.5, 0.6) is 0 Å². The van der Waals surface area contributed by atoms with Crippen molar-refractivity contribution >= 4 is 0 Å². The number of ether oxygens (including phenoxy) is 1. The topological polar surface area (TPSA) is 18.0 Å². The van der Waals surface area contributed by atoms with Crippen LogP contribution in [0.25, 0.3) is 0 Å². The van der Waals surface area contributed by atoms with Gasteiger partial charge in [0.2, 0.25) is 0 Å². The third-order valence-electron chi connectivity index (χ3n) is 4.48. The molecule has 4 heteroatoms. The second kappa shape index (κ2) is 7.98. The maximum atomic E-state index is 6.21. The van der Waals surface area contributed by atoms with E-state index in [0.717, 1.165) is 5.82 Å². The first-order chi connectivity index (χ1) is 10.3. The van der Waals surface area contributed by atoms with Crippen LogP contribution in [0.4, 0.5) is 0 Å². The lowest BCUT2D eigenvalue weighted by molar-refractivity contribution is -0.686. The molecule has 0 N–H and O–H groups in total. The number of aromatic nitrogens is 2. The fourth-order valence-corrected chi connectivity index (χ4v) is 2.95. The molecule has 0 fully saturated rings. The summed E-state index contributed by atoms with van der Waals surface area (Å²) in [4.78, 5) is 0. The molecule has 128 valence electrons. The summed E-state index contributed by atoms with van der Waals surface area (Å²) in [5.74, 6) is 1.78. The lowest BCUT2D eigenvalue weighted by atomic mass is 9.98. The maximum Gasteiger partial charge on any atom is 0.288 e. The fourth-order valence-electron chi connectivity index (χ4n) is 2.95. The van der Waals surface area contributed by atoms with Gasteiger partial charge in [0.25, 0.3) is 5.82 Å². The monoisotopic (exact) mass is 336 g/mol. The van der Waals surface area contributed by atoms with E-state index in [2.05, 4.69) is 87.6 Å². The number of benzene rings is 1. The minimum absolute atomic E-state index is 0. The molecular formula is C19H29ClN2O. The van der Waals surface area contributed by atoms with Gasteiger partial charge >= 0.3 is 0 Å². The number of imidazole rings is 1. The molecule has 1 unspecified atom stereocenters. The highest BCUT2D eigenvalue weighted by molar-refractivity contribution is 5.24. The van der Waals surface area contributed by atoms with Crippen molar-refractivity contribution in [2.75, 3.05) is 0 Å². The number of nitrogens with zero attached hydrogens (tertiary/aromatic N) is 2. The normalized spacial score (nSPS) is 12.8. The molecule has 0 spiro atoms. The first-order valence-corrected chi connectivity index (χ1v) is 8.09. The number of rotatable bonds is 6. The molecule has 1 aromatic heterocycles. The molecular weight excluding hydrogens is 308 g/mol. The molecule has 23 heavy (non-hydrogen) atoms. The standard InChI is InChI=1S/C19H29N2O.ClH/c1-7-15(2)17-10-8-16(9-11-17)14-22-19(3,4)18-20(5)12-13-21(18)6;/h8-13,15H,7,14H2,1-6H3;1H/q+1;/p-1. The minimum atomic E-state index is -0.331. The molecule has 3 nitrogen and oxygen atoms in total. The van der Waals surface area contributed by atoms with Crippen LogP contribution in [-0.2, 0) is 31.0 Å². The van der Waals surface area contributed by atoms with Crippen LogP contribution in [0.15, 0.2) is 36.7 Å². The molecule has 0 radical (unpaired) electrons. The highest BCUT2D eigenvalue weighted by atomic mass is 35.5. The van der Waals surface area contributed by atoms with Crippen LogP contribution in [0.1, 0.15) is 57.0 Å². The fraction of sp³-hybridized carbons (Fsp3) is 0.526. The van der Waals surface area contributed by atoms with Gasteiger partial charge in [-0.3, -0.25) is 0 Å². The molecule has 0 saturated heterocycles. The Morgan fingerprint density at radius 1 is 1.22 bits per heavy atom. The Kier molecular flexibility index (Phi) is 6.84. The Morgan fingerprint density at radius 2 is 1.83 bits per heavy atom. The molecule has 0 saturated carbocycles. The number of hydrogen-bond donors (Lipinski definition) is 0. The second-order valence-corrected chi connectivity index (χ2v) is 6.69. The van der Waals surface area contributed by atoms with E-state index in [1.807, 2.05) is 0 Å². The average molecular weight is 337 g/mol. The van der Waals surface area contributed by atoms with Crippen molar-refractivity contribution in [3.05, 3.63) is 53.6 Å². The quantitative estimate of drug-likeness (QED) is 0.714. The zero-order valence-electron chi connectivity index (χ0n) is 15.1. The van der Waals surface area contributed by atoms with E-state index in [1.165, 1.54) is 17.5 Å². The molecule has 0 aliphatic heterocycles. The molecule has 1 atom stereocenters. The Labute approximate surface area is 146 Å². The number of aryl methyl sites for hydroxylation is 2. The second-order valence-electron chi connectivity index (χ2n) is 6.69. The van der Waals surface area contributed by atoms with Crippen LogP contribution in [0.3, 0.4) is 0 Å². The van der Waals surface area contributed by atoms with Gasteiger partial charge in [-0.05, 0) is 37.3 Å². The lowest BCUT2D eigenvalue weighted by Gasteiger charge is -2.22. The van der Waals surface area contributed by atoms with Crippen molar-refractivity contribution in [3.63, 3.8) is 0 Å².